The fraction of sp³-hybridized carbons (Fsp3) is 0.381. The van der Waals surface area contributed by atoms with Crippen LogP contribution in [-0.4, -0.2) is 23.9 Å². The smallest absolute Gasteiger partial charge is 0.228 e. The summed E-state index contributed by atoms with van der Waals surface area (Å²) in [5.41, 5.74) is 4.68. The number of nitrogens with zero attached hydrogens (tertiary/aromatic N) is 1. The maximum atomic E-state index is 12.6. The molecule has 0 aromatic heterocycles. The minimum absolute atomic E-state index is 0.0732. The maximum absolute atomic E-state index is 12.6. The Bertz CT molecular complexity index is 710. The average molecular weight is 322 g/mol. The molecule has 1 aliphatic rings. The summed E-state index contributed by atoms with van der Waals surface area (Å²) >= 11 is 0. The third kappa shape index (κ3) is 4.45. The molecule has 0 spiro atoms. The van der Waals surface area contributed by atoms with Gasteiger partial charge in [-0.05, 0) is 56.5 Å². The van der Waals surface area contributed by atoms with E-state index in [0.717, 1.165) is 43.7 Å². The first-order chi connectivity index (χ1) is 11.6. The number of rotatable bonds is 4. The van der Waals surface area contributed by atoms with Gasteiger partial charge in [-0.1, -0.05) is 42.0 Å². The maximum Gasteiger partial charge on any atom is 0.228 e. The number of benzene rings is 2. The standard InChI is InChI=1S/C21H26N2O/c1-16-6-3-8-18(12-16)14-23-11-5-9-19(15-23)21(24)22-20-10-4-7-17(2)13-20/h3-4,6-8,10,12-13,19H,5,9,11,14-15H2,1-2H3,(H,22,24). The SMILES string of the molecule is Cc1cccc(CN2CCCC(C(=O)Nc3cccc(C)c3)C2)c1. The number of piperidine rings is 1. The third-order valence-electron chi connectivity index (χ3n) is 4.65. The molecule has 0 radical (unpaired) electrons. The highest BCUT2D eigenvalue weighted by molar-refractivity contribution is 5.92. The summed E-state index contributed by atoms with van der Waals surface area (Å²) in [7, 11) is 0. The molecule has 1 fully saturated rings. The van der Waals surface area contributed by atoms with Crippen molar-refractivity contribution in [1.82, 2.24) is 4.90 Å². The van der Waals surface area contributed by atoms with E-state index in [0.29, 0.717) is 0 Å². The number of amides is 1. The van der Waals surface area contributed by atoms with Crippen molar-refractivity contribution in [2.45, 2.75) is 33.2 Å². The minimum atomic E-state index is 0.0732. The molecular weight excluding hydrogens is 296 g/mol. The van der Waals surface area contributed by atoms with Crippen LogP contribution >= 0.6 is 0 Å². The first-order valence-electron chi connectivity index (χ1n) is 8.75. The van der Waals surface area contributed by atoms with Crippen LogP contribution in [0.5, 0.6) is 0 Å². The second-order valence-electron chi connectivity index (χ2n) is 6.92. The second kappa shape index (κ2) is 7.63. The Balaban J connectivity index is 1.59. The van der Waals surface area contributed by atoms with Gasteiger partial charge in [-0.25, -0.2) is 0 Å². The highest BCUT2D eigenvalue weighted by atomic mass is 16.1. The van der Waals surface area contributed by atoms with Crippen LogP contribution in [0.1, 0.15) is 29.5 Å². The van der Waals surface area contributed by atoms with Crippen molar-refractivity contribution in [2.75, 3.05) is 18.4 Å². The van der Waals surface area contributed by atoms with E-state index in [2.05, 4.69) is 41.4 Å². The van der Waals surface area contributed by atoms with Gasteiger partial charge < -0.3 is 5.32 Å². The monoisotopic (exact) mass is 322 g/mol. The molecule has 2 aromatic carbocycles. The summed E-state index contributed by atoms with van der Waals surface area (Å²) in [6.07, 6.45) is 2.06. The second-order valence-corrected chi connectivity index (χ2v) is 6.92. The topological polar surface area (TPSA) is 32.3 Å². The summed E-state index contributed by atoms with van der Waals surface area (Å²) < 4.78 is 0. The summed E-state index contributed by atoms with van der Waals surface area (Å²) in [6.45, 7) is 7.00. The molecule has 3 heteroatoms. The van der Waals surface area contributed by atoms with E-state index in [1.54, 1.807) is 0 Å². The van der Waals surface area contributed by atoms with Gasteiger partial charge in [0.2, 0.25) is 5.91 Å². The van der Waals surface area contributed by atoms with Crippen LogP contribution in [-0.2, 0) is 11.3 Å². The summed E-state index contributed by atoms with van der Waals surface area (Å²) in [5.74, 6) is 0.221. The fourth-order valence-corrected chi connectivity index (χ4v) is 3.45. The number of hydrogen-bond acceptors (Lipinski definition) is 2. The average Bonchev–Trinajstić information content (AvgIpc) is 2.55. The van der Waals surface area contributed by atoms with Crippen molar-refractivity contribution in [1.29, 1.82) is 0 Å². The zero-order valence-electron chi connectivity index (χ0n) is 14.6. The van der Waals surface area contributed by atoms with Gasteiger partial charge in [0.1, 0.15) is 0 Å². The van der Waals surface area contributed by atoms with Gasteiger partial charge in [-0.15, -0.1) is 0 Å². The van der Waals surface area contributed by atoms with Crippen molar-refractivity contribution < 1.29 is 4.79 Å². The molecular formula is C21H26N2O. The van der Waals surface area contributed by atoms with E-state index in [-0.39, 0.29) is 11.8 Å². The Kier molecular flexibility index (Phi) is 5.31. The van der Waals surface area contributed by atoms with Crippen molar-refractivity contribution >= 4 is 11.6 Å². The highest BCUT2D eigenvalue weighted by Gasteiger charge is 2.25. The van der Waals surface area contributed by atoms with E-state index >= 15 is 0 Å². The quantitative estimate of drug-likeness (QED) is 0.917. The largest absolute Gasteiger partial charge is 0.326 e. The van der Waals surface area contributed by atoms with Gasteiger partial charge in [0.25, 0.3) is 0 Å². The molecule has 1 saturated heterocycles. The Morgan fingerprint density at radius 1 is 1.12 bits per heavy atom. The molecule has 1 amide bonds. The molecule has 24 heavy (non-hydrogen) atoms. The minimum Gasteiger partial charge on any atom is -0.326 e. The van der Waals surface area contributed by atoms with E-state index in [1.165, 1.54) is 11.1 Å². The lowest BCUT2D eigenvalue weighted by Crippen LogP contribution is -2.40. The van der Waals surface area contributed by atoms with E-state index < -0.39 is 0 Å². The molecule has 0 aliphatic carbocycles. The number of likely N-dealkylation sites (tertiary alicyclic amines) is 1. The predicted molar refractivity (Wildman–Crippen MR) is 99.0 cm³/mol. The number of hydrogen-bond donors (Lipinski definition) is 1. The Hall–Kier alpha value is -2.13. The van der Waals surface area contributed by atoms with E-state index in [4.69, 9.17) is 0 Å². The highest BCUT2D eigenvalue weighted by Crippen LogP contribution is 2.21. The molecule has 1 atom stereocenters. The number of aryl methyl sites for hydroxylation is 2. The molecule has 0 bridgehead atoms. The normalized spacial score (nSPS) is 18.3. The molecule has 1 N–H and O–H groups in total. The van der Waals surface area contributed by atoms with Crippen molar-refractivity contribution in [3.05, 3.63) is 65.2 Å². The van der Waals surface area contributed by atoms with Crippen LogP contribution in [0.2, 0.25) is 0 Å². The van der Waals surface area contributed by atoms with Gasteiger partial charge in [0.15, 0.2) is 0 Å². The molecule has 1 unspecified atom stereocenters. The lowest BCUT2D eigenvalue weighted by Gasteiger charge is -2.32. The van der Waals surface area contributed by atoms with Gasteiger partial charge in [-0.3, -0.25) is 9.69 Å². The zero-order chi connectivity index (χ0) is 16.9. The van der Waals surface area contributed by atoms with Gasteiger partial charge in [-0.2, -0.15) is 0 Å². The number of nitrogens with one attached hydrogen (secondary N) is 1. The fourth-order valence-electron chi connectivity index (χ4n) is 3.45. The number of carbonyl (C=O) groups excluding carboxylic acids is 1. The summed E-state index contributed by atoms with van der Waals surface area (Å²) in [6, 6.07) is 16.6. The zero-order valence-corrected chi connectivity index (χ0v) is 14.6. The summed E-state index contributed by atoms with van der Waals surface area (Å²) in [5, 5.41) is 3.08. The Morgan fingerprint density at radius 2 is 1.88 bits per heavy atom. The summed E-state index contributed by atoms with van der Waals surface area (Å²) in [4.78, 5) is 15.0. The van der Waals surface area contributed by atoms with Crippen LogP contribution in [0.3, 0.4) is 0 Å². The predicted octanol–water partition coefficient (Wildman–Crippen LogP) is 4.15. The first-order valence-corrected chi connectivity index (χ1v) is 8.75. The lowest BCUT2D eigenvalue weighted by atomic mass is 9.96. The first kappa shape index (κ1) is 16.7. The van der Waals surface area contributed by atoms with Crippen LogP contribution in [0, 0.1) is 19.8 Å². The van der Waals surface area contributed by atoms with Crippen LogP contribution in [0.15, 0.2) is 48.5 Å². The van der Waals surface area contributed by atoms with Crippen molar-refractivity contribution in [2.24, 2.45) is 5.92 Å². The van der Waals surface area contributed by atoms with Crippen molar-refractivity contribution in [3.8, 4) is 0 Å². The Labute approximate surface area is 144 Å². The molecule has 1 aliphatic heterocycles. The molecule has 2 aromatic rings. The lowest BCUT2D eigenvalue weighted by molar-refractivity contribution is -0.121. The Morgan fingerprint density at radius 3 is 2.62 bits per heavy atom. The van der Waals surface area contributed by atoms with Gasteiger partial charge in [0, 0.05) is 18.8 Å². The number of anilines is 1. The van der Waals surface area contributed by atoms with Crippen LogP contribution in [0.4, 0.5) is 5.69 Å². The van der Waals surface area contributed by atoms with Crippen molar-refractivity contribution in [3.63, 3.8) is 0 Å². The third-order valence-corrected chi connectivity index (χ3v) is 4.65. The van der Waals surface area contributed by atoms with Gasteiger partial charge in [0.05, 0.1) is 5.92 Å². The van der Waals surface area contributed by atoms with E-state index in [1.807, 2.05) is 31.2 Å². The molecule has 0 saturated carbocycles. The van der Waals surface area contributed by atoms with Crippen LogP contribution in [0.25, 0.3) is 0 Å². The van der Waals surface area contributed by atoms with Crippen LogP contribution < -0.4 is 5.32 Å². The molecule has 1 heterocycles. The molecule has 3 nitrogen and oxygen atoms in total. The molecule has 126 valence electrons. The number of carbonyl (C=O) groups is 1. The molecule has 3 rings (SSSR count). The van der Waals surface area contributed by atoms with E-state index in [9.17, 15) is 4.79 Å². The van der Waals surface area contributed by atoms with Gasteiger partial charge >= 0.3 is 0 Å².